The molecule has 2 aromatic heterocycles. The third kappa shape index (κ3) is 10.2. The fourth-order valence-electron chi connectivity index (χ4n) is 7.16. The molecule has 4 aromatic carbocycles. The monoisotopic (exact) mass is 804 g/mol. The molecular weight excluding hydrogens is 757 g/mol. The van der Waals surface area contributed by atoms with Crippen LogP contribution in [-0.4, -0.2) is 40.9 Å². The highest BCUT2D eigenvalue weighted by Crippen LogP contribution is 2.37. The molecule has 0 spiro atoms. The number of rotatable bonds is 17. The Hall–Kier alpha value is -7.27. The number of amides is 3. The molecule has 0 unspecified atom stereocenters. The summed E-state index contributed by atoms with van der Waals surface area (Å²) in [4.78, 5) is 68.7. The largest absolute Gasteiger partial charge is 0.469 e. The highest BCUT2D eigenvalue weighted by atomic mass is 16.5. The molecule has 2 heterocycles. The second-order valence-corrected chi connectivity index (χ2v) is 14.4. The Morgan fingerprint density at radius 2 is 1.37 bits per heavy atom. The third-order valence-corrected chi connectivity index (χ3v) is 10.2. The van der Waals surface area contributed by atoms with Gasteiger partial charge in [-0.25, -0.2) is 4.79 Å². The van der Waals surface area contributed by atoms with Crippen molar-refractivity contribution in [3.8, 4) is 0 Å². The molecule has 0 radical (unpaired) electrons. The molecule has 0 aliphatic rings. The predicted molar refractivity (Wildman–Crippen MR) is 230 cm³/mol. The van der Waals surface area contributed by atoms with Gasteiger partial charge >= 0.3 is 5.97 Å². The molecule has 3 N–H and O–H groups in total. The van der Waals surface area contributed by atoms with Gasteiger partial charge in [0.1, 0.15) is 29.3 Å². The molecule has 3 amide bonds. The molecule has 2 atom stereocenters. The summed E-state index contributed by atoms with van der Waals surface area (Å²) in [7, 11) is 0. The van der Waals surface area contributed by atoms with Crippen LogP contribution in [0.1, 0.15) is 69.7 Å². The number of aryl methyl sites for hydroxylation is 2. The Kier molecular flexibility index (Phi) is 14.1. The Bertz CT molecular complexity index is 2380. The average molecular weight is 805 g/mol. The van der Waals surface area contributed by atoms with Gasteiger partial charge in [-0.2, -0.15) is 0 Å². The van der Waals surface area contributed by atoms with Gasteiger partial charge in [0, 0.05) is 31.2 Å². The van der Waals surface area contributed by atoms with Gasteiger partial charge in [0.05, 0.1) is 12.2 Å². The van der Waals surface area contributed by atoms with Crippen molar-refractivity contribution in [3.63, 3.8) is 0 Å². The predicted octanol–water partition coefficient (Wildman–Crippen LogP) is 7.59. The lowest BCUT2D eigenvalue weighted by atomic mass is 9.77. The van der Waals surface area contributed by atoms with Gasteiger partial charge in [0.2, 0.25) is 11.8 Å². The van der Waals surface area contributed by atoms with Crippen LogP contribution in [0.25, 0.3) is 0 Å². The number of pyridine rings is 1. The molecule has 0 aliphatic carbocycles. The molecule has 6 rings (SSSR count). The van der Waals surface area contributed by atoms with Crippen molar-refractivity contribution in [2.24, 2.45) is 0 Å². The fraction of sp³-hybridized carbons (Fsp3) is 0.204. The minimum absolute atomic E-state index is 0.0152. The normalized spacial score (nSPS) is 12.3. The quantitative estimate of drug-likeness (QED) is 0.0489. The minimum atomic E-state index is -1.10. The summed E-state index contributed by atoms with van der Waals surface area (Å²) in [6.07, 6.45) is 5.71. The van der Waals surface area contributed by atoms with Crippen LogP contribution in [0.2, 0.25) is 0 Å². The van der Waals surface area contributed by atoms with Crippen LogP contribution in [0, 0.1) is 13.8 Å². The molecule has 60 heavy (non-hydrogen) atoms. The van der Waals surface area contributed by atoms with Crippen molar-refractivity contribution < 1.29 is 28.3 Å². The van der Waals surface area contributed by atoms with Crippen molar-refractivity contribution in [2.45, 2.75) is 57.7 Å². The first-order chi connectivity index (χ1) is 29.1. The molecule has 11 heteroatoms. The summed E-state index contributed by atoms with van der Waals surface area (Å²) < 4.78 is 11.7. The average Bonchev–Trinajstić information content (AvgIpc) is 3.72. The number of furan rings is 1. The van der Waals surface area contributed by atoms with Crippen molar-refractivity contribution in [1.29, 1.82) is 0 Å². The van der Waals surface area contributed by atoms with Gasteiger partial charge < -0.3 is 29.7 Å². The van der Waals surface area contributed by atoms with E-state index in [-0.39, 0.29) is 43.0 Å². The zero-order chi connectivity index (χ0) is 42.5. The van der Waals surface area contributed by atoms with E-state index in [1.165, 1.54) is 29.2 Å². The van der Waals surface area contributed by atoms with E-state index in [1.807, 2.05) is 121 Å². The highest BCUT2D eigenvalue weighted by molar-refractivity contribution is 6.04. The molecule has 306 valence electrons. The Morgan fingerprint density at radius 3 is 1.90 bits per heavy atom. The van der Waals surface area contributed by atoms with Gasteiger partial charge in [0.25, 0.3) is 11.5 Å². The number of nitrogens with one attached hydrogen (secondary N) is 3. The summed E-state index contributed by atoms with van der Waals surface area (Å²) in [5, 5.41) is 9.06. The zero-order valence-electron chi connectivity index (χ0n) is 33.8. The summed E-state index contributed by atoms with van der Waals surface area (Å²) >= 11 is 0. The smallest absolute Gasteiger partial charge is 0.330 e. The maximum Gasteiger partial charge on any atom is 0.330 e. The fourth-order valence-corrected chi connectivity index (χ4v) is 7.16. The number of carbonyl (C=O) groups excluding carboxylic acids is 4. The zero-order valence-corrected chi connectivity index (χ0v) is 33.8. The number of aromatic nitrogens is 1. The molecule has 11 nitrogen and oxygen atoms in total. The summed E-state index contributed by atoms with van der Waals surface area (Å²) in [5.74, 6) is -1.46. The van der Waals surface area contributed by atoms with E-state index in [0.29, 0.717) is 11.3 Å². The van der Waals surface area contributed by atoms with Crippen LogP contribution in [0.4, 0.5) is 5.69 Å². The Morgan fingerprint density at radius 1 is 0.800 bits per heavy atom. The lowest BCUT2D eigenvalue weighted by Gasteiger charge is -2.37. The first-order valence-corrected chi connectivity index (χ1v) is 19.8. The molecule has 0 saturated carbocycles. The van der Waals surface area contributed by atoms with Crippen molar-refractivity contribution in [2.75, 3.05) is 11.9 Å². The van der Waals surface area contributed by atoms with E-state index in [2.05, 4.69) is 16.0 Å². The standard InChI is InChI=1S/C49H48N4O7/c1-4-59-44(55)28-26-41(25-27-43(54)52-49(38-19-11-6-12-20-38,39-21-13-7-14-22-39)40-23-15-8-16-24-40)50-47(57)42(32-36-17-9-5-10-18-36)53-30-29-34(2)45(48(53)58)51-46(56)37-31-35(3)60-33-37/h5-24,26,28-31,33,41-42H,4,25,27,32H2,1-3H3,(H,50,57)(H,51,56)(H,52,54)/b28-26+/t41-,42-/m0/s1. The molecule has 0 saturated heterocycles. The first-order valence-electron chi connectivity index (χ1n) is 19.8. The van der Waals surface area contributed by atoms with Crippen LogP contribution in [-0.2, 0) is 31.1 Å². The van der Waals surface area contributed by atoms with Crippen molar-refractivity contribution in [3.05, 3.63) is 208 Å². The number of hydrogen-bond donors (Lipinski definition) is 3. The van der Waals surface area contributed by atoms with Gasteiger partial charge in [-0.15, -0.1) is 0 Å². The summed E-state index contributed by atoms with van der Waals surface area (Å²) in [6, 6.07) is 39.7. The number of ether oxygens (including phenoxy) is 1. The number of esters is 1. The SMILES string of the molecule is CCOC(=O)/C=C/[C@H](CCC(=O)NC(c1ccccc1)(c1ccccc1)c1ccccc1)NC(=O)[C@H](Cc1ccccc1)n1ccc(C)c(NC(=O)c2coc(C)c2)c1=O. The van der Waals surface area contributed by atoms with Crippen LogP contribution in [0.15, 0.2) is 167 Å². The second-order valence-electron chi connectivity index (χ2n) is 14.4. The van der Waals surface area contributed by atoms with Crippen molar-refractivity contribution in [1.82, 2.24) is 15.2 Å². The minimum Gasteiger partial charge on any atom is -0.469 e. The molecular formula is C49H48N4O7. The van der Waals surface area contributed by atoms with Gasteiger partial charge in [0.15, 0.2) is 0 Å². The Balaban J connectivity index is 1.31. The topological polar surface area (TPSA) is 149 Å². The number of benzene rings is 4. The summed E-state index contributed by atoms with van der Waals surface area (Å²) in [5.41, 5.74) is 2.45. The molecule has 0 aliphatic heterocycles. The van der Waals surface area contributed by atoms with E-state index in [1.54, 1.807) is 32.9 Å². The van der Waals surface area contributed by atoms with Gasteiger partial charge in [-0.1, -0.05) is 127 Å². The van der Waals surface area contributed by atoms with E-state index < -0.39 is 41.0 Å². The van der Waals surface area contributed by atoms with E-state index >= 15 is 0 Å². The lowest BCUT2D eigenvalue weighted by Crippen LogP contribution is -2.48. The van der Waals surface area contributed by atoms with E-state index in [4.69, 9.17) is 9.15 Å². The maximum atomic E-state index is 14.5. The number of carbonyl (C=O) groups is 4. The van der Waals surface area contributed by atoms with Crippen molar-refractivity contribution >= 4 is 29.4 Å². The van der Waals surface area contributed by atoms with E-state index in [0.717, 1.165) is 22.3 Å². The lowest BCUT2D eigenvalue weighted by molar-refractivity contribution is -0.137. The Labute approximate surface area is 349 Å². The molecule has 0 fully saturated rings. The highest BCUT2D eigenvalue weighted by Gasteiger charge is 2.38. The number of anilines is 1. The van der Waals surface area contributed by atoms with Crippen LogP contribution >= 0.6 is 0 Å². The van der Waals surface area contributed by atoms with E-state index in [9.17, 15) is 24.0 Å². The number of hydrogen-bond acceptors (Lipinski definition) is 7. The second kappa shape index (κ2) is 19.9. The molecule has 6 aromatic rings. The van der Waals surface area contributed by atoms with Crippen LogP contribution < -0.4 is 21.5 Å². The summed E-state index contributed by atoms with van der Waals surface area (Å²) in [6.45, 7) is 5.24. The third-order valence-electron chi connectivity index (χ3n) is 10.2. The van der Waals surface area contributed by atoms with Gasteiger partial charge in [-0.05, 0) is 67.1 Å². The van der Waals surface area contributed by atoms with Crippen LogP contribution in [0.3, 0.4) is 0 Å². The number of nitrogens with zero attached hydrogens (tertiary/aromatic N) is 1. The van der Waals surface area contributed by atoms with Crippen LogP contribution in [0.5, 0.6) is 0 Å². The maximum absolute atomic E-state index is 14.5. The molecule has 0 bridgehead atoms. The van der Waals surface area contributed by atoms with Gasteiger partial charge in [-0.3, -0.25) is 19.2 Å². The first kappa shape index (κ1) is 42.3.